The zero-order valence-electron chi connectivity index (χ0n) is 6.21. The van der Waals surface area contributed by atoms with Gasteiger partial charge in [0, 0.05) is 0 Å². The molecular formula is C7H6BrFO2S. The van der Waals surface area contributed by atoms with Gasteiger partial charge in [-0.1, -0.05) is 12.1 Å². The van der Waals surface area contributed by atoms with Crippen LogP contribution in [-0.4, -0.2) is 8.42 Å². The molecule has 1 aromatic carbocycles. The van der Waals surface area contributed by atoms with Gasteiger partial charge >= 0.3 is 0 Å². The minimum atomic E-state index is -3.62. The Kier molecular flexibility index (Phi) is 2.53. The molecule has 66 valence electrons. The lowest BCUT2D eigenvalue weighted by molar-refractivity contribution is 0.571. The standard InChI is InChI=1S/C7H6BrFO2S/c1-5-3-2-4-6(7(5)9)12(8,10)11/h2-4H,1H3. The molecule has 0 spiro atoms. The zero-order chi connectivity index (χ0) is 9.35. The van der Waals surface area contributed by atoms with Gasteiger partial charge in [0.1, 0.15) is 10.7 Å². The van der Waals surface area contributed by atoms with Crippen LogP contribution in [0.4, 0.5) is 4.39 Å². The van der Waals surface area contributed by atoms with Crippen molar-refractivity contribution in [3.05, 3.63) is 29.6 Å². The van der Waals surface area contributed by atoms with E-state index >= 15 is 0 Å². The fraction of sp³-hybridized carbons (Fsp3) is 0.143. The fourth-order valence-corrected chi connectivity index (χ4v) is 2.18. The van der Waals surface area contributed by atoms with Crippen LogP contribution in [-0.2, 0) is 8.27 Å². The van der Waals surface area contributed by atoms with Crippen molar-refractivity contribution in [3.8, 4) is 0 Å². The number of aryl methyl sites for hydroxylation is 1. The van der Waals surface area contributed by atoms with Crippen LogP contribution >= 0.6 is 14.8 Å². The lowest BCUT2D eigenvalue weighted by Gasteiger charge is -2.00. The molecule has 0 heterocycles. The topological polar surface area (TPSA) is 34.1 Å². The average Bonchev–Trinajstić information content (AvgIpc) is 1.92. The van der Waals surface area contributed by atoms with Gasteiger partial charge in [0.05, 0.1) is 14.8 Å². The summed E-state index contributed by atoms with van der Waals surface area (Å²) in [4.78, 5) is -0.317. The molecule has 0 N–H and O–H groups in total. The van der Waals surface area contributed by atoms with Gasteiger partial charge in [-0.15, -0.1) is 0 Å². The van der Waals surface area contributed by atoms with Crippen LogP contribution in [0, 0.1) is 12.7 Å². The van der Waals surface area contributed by atoms with E-state index in [0.717, 1.165) is 0 Å². The Balaban J connectivity index is 3.47. The van der Waals surface area contributed by atoms with E-state index in [0.29, 0.717) is 5.56 Å². The highest BCUT2D eigenvalue weighted by Crippen LogP contribution is 2.21. The number of rotatable bonds is 1. The molecule has 0 saturated carbocycles. The smallest absolute Gasteiger partial charge is 0.212 e. The lowest BCUT2D eigenvalue weighted by Crippen LogP contribution is -1.96. The van der Waals surface area contributed by atoms with E-state index in [2.05, 4.69) is 14.8 Å². The highest BCUT2D eigenvalue weighted by Gasteiger charge is 2.15. The van der Waals surface area contributed by atoms with Gasteiger partial charge in [-0.05, 0) is 18.6 Å². The van der Waals surface area contributed by atoms with Crippen molar-refractivity contribution in [1.82, 2.24) is 0 Å². The zero-order valence-corrected chi connectivity index (χ0v) is 8.62. The van der Waals surface area contributed by atoms with Gasteiger partial charge in [-0.3, -0.25) is 0 Å². The van der Waals surface area contributed by atoms with Crippen molar-refractivity contribution < 1.29 is 12.8 Å². The summed E-state index contributed by atoms with van der Waals surface area (Å²) >= 11 is 2.40. The SMILES string of the molecule is Cc1cccc(S(=O)(=O)Br)c1F. The molecule has 0 fully saturated rings. The first-order chi connectivity index (χ1) is 5.43. The molecule has 0 saturated heterocycles. The minimum absolute atomic E-state index is 0.315. The summed E-state index contributed by atoms with van der Waals surface area (Å²) in [5.41, 5.74) is 0.315. The third-order valence-corrected chi connectivity index (χ3v) is 3.31. The summed E-state index contributed by atoms with van der Waals surface area (Å²) in [7, 11) is -3.62. The molecule has 0 aliphatic rings. The molecule has 0 aromatic heterocycles. The molecule has 2 nitrogen and oxygen atoms in total. The first kappa shape index (κ1) is 9.67. The largest absolute Gasteiger partial charge is 0.240 e. The van der Waals surface area contributed by atoms with Crippen molar-refractivity contribution in [2.24, 2.45) is 0 Å². The third-order valence-electron chi connectivity index (χ3n) is 1.42. The van der Waals surface area contributed by atoms with E-state index in [1.165, 1.54) is 25.1 Å². The van der Waals surface area contributed by atoms with E-state index in [-0.39, 0.29) is 4.90 Å². The molecule has 0 aliphatic heterocycles. The van der Waals surface area contributed by atoms with Crippen LogP contribution in [0.15, 0.2) is 23.1 Å². The van der Waals surface area contributed by atoms with Crippen molar-refractivity contribution in [2.45, 2.75) is 11.8 Å². The van der Waals surface area contributed by atoms with Crippen LogP contribution in [0.2, 0.25) is 0 Å². The quantitative estimate of drug-likeness (QED) is 0.719. The molecule has 12 heavy (non-hydrogen) atoms. The van der Waals surface area contributed by atoms with Gasteiger partial charge < -0.3 is 0 Å². The van der Waals surface area contributed by atoms with E-state index in [9.17, 15) is 12.8 Å². The second kappa shape index (κ2) is 3.14. The summed E-state index contributed by atoms with van der Waals surface area (Å²) < 4.78 is 34.9. The van der Waals surface area contributed by atoms with Crippen LogP contribution < -0.4 is 0 Å². The van der Waals surface area contributed by atoms with Crippen LogP contribution in [0.1, 0.15) is 5.56 Å². The minimum Gasteiger partial charge on any atom is -0.212 e. The van der Waals surface area contributed by atoms with Gasteiger partial charge in [-0.2, -0.15) is 0 Å². The summed E-state index contributed by atoms with van der Waals surface area (Å²) in [5.74, 6) is -0.700. The highest BCUT2D eigenvalue weighted by molar-refractivity contribution is 9.47. The normalized spacial score (nSPS) is 11.6. The van der Waals surface area contributed by atoms with Crippen LogP contribution in [0.5, 0.6) is 0 Å². The Bertz CT molecular complexity index is 400. The predicted octanol–water partition coefficient (Wildman–Crippen LogP) is 2.22. The maximum absolute atomic E-state index is 13.1. The Morgan fingerprint density at radius 1 is 1.42 bits per heavy atom. The van der Waals surface area contributed by atoms with Gasteiger partial charge in [0.25, 0.3) is 0 Å². The second-order valence-electron chi connectivity index (χ2n) is 2.32. The Morgan fingerprint density at radius 3 is 2.42 bits per heavy atom. The van der Waals surface area contributed by atoms with Crippen molar-refractivity contribution in [2.75, 3.05) is 0 Å². The van der Waals surface area contributed by atoms with E-state index in [4.69, 9.17) is 0 Å². The van der Waals surface area contributed by atoms with Crippen LogP contribution in [0.25, 0.3) is 0 Å². The average molecular weight is 253 g/mol. The van der Waals surface area contributed by atoms with Crippen molar-refractivity contribution in [3.63, 3.8) is 0 Å². The molecule has 1 rings (SSSR count). The third kappa shape index (κ3) is 1.84. The molecule has 0 amide bonds. The lowest BCUT2D eigenvalue weighted by atomic mass is 10.2. The number of benzene rings is 1. The highest BCUT2D eigenvalue weighted by atomic mass is 79.9. The van der Waals surface area contributed by atoms with E-state index < -0.39 is 14.1 Å². The molecule has 0 radical (unpaired) electrons. The van der Waals surface area contributed by atoms with Crippen LogP contribution in [0.3, 0.4) is 0 Å². The number of halogens is 2. The molecule has 0 aliphatic carbocycles. The van der Waals surface area contributed by atoms with Crippen molar-refractivity contribution in [1.29, 1.82) is 0 Å². The maximum atomic E-state index is 13.1. The molecular weight excluding hydrogens is 247 g/mol. The Hall–Kier alpha value is -0.420. The molecule has 0 unspecified atom stereocenters. The monoisotopic (exact) mass is 252 g/mol. The Labute approximate surface area is 77.5 Å². The van der Waals surface area contributed by atoms with Gasteiger partial charge in [0.2, 0.25) is 8.27 Å². The molecule has 0 atom stereocenters. The van der Waals surface area contributed by atoms with Gasteiger partial charge in [0.15, 0.2) is 0 Å². The number of hydrogen-bond donors (Lipinski definition) is 0. The predicted molar refractivity (Wildman–Crippen MR) is 47.2 cm³/mol. The van der Waals surface area contributed by atoms with Gasteiger partial charge in [-0.25, -0.2) is 12.8 Å². The second-order valence-corrected chi connectivity index (χ2v) is 6.20. The molecule has 5 heteroatoms. The fourth-order valence-electron chi connectivity index (χ4n) is 0.809. The van der Waals surface area contributed by atoms with E-state index in [1.54, 1.807) is 0 Å². The summed E-state index contributed by atoms with van der Waals surface area (Å²) in [6.07, 6.45) is 0. The summed E-state index contributed by atoms with van der Waals surface area (Å²) in [6.45, 7) is 1.51. The Morgan fingerprint density at radius 2 is 2.00 bits per heavy atom. The van der Waals surface area contributed by atoms with E-state index in [1.807, 2.05) is 0 Å². The maximum Gasteiger partial charge on any atom is 0.240 e. The van der Waals surface area contributed by atoms with Crippen molar-refractivity contribution >= 4 is 23.1 Å². The first-order valence-electron chi connectivity index (χ1n) is 3.12. The number of hydrogen-bond acceptors (Lipinski definition) is 2. The summed E-state index contributed by atoms with van der Waals surface area (Å²) in [6, 6.07) is 4.22. The summed E-state index contributed by atoms with van der Waals surface area (Å²) in [5, 5.41) is 0. The molecule has 1 aromatic rings. The first-order valence-corrected chi connectivity index (χ1v) is 6.45. The molecule has 0 bridgehead atoms.